The number of nitrogens with zero attached hydrogens (tertiary/aromatic N) is 19. The first-order chi connectivity index (χ1) is 72.3. The number of rotatable bonds is 30. The Labute approximate surface area is 877 Å². The molecule has 0 spiro atoms. The van der Waals surface area contributed by atoms with Gasteiger partial charge in [-0.05, 0) is 195 Å². The Morgan fingerprint density at radius 3 is 1.66 bits per heavy atom. The number of pyridine rings is 4. The predicted molar refractivity (Wildman–Crippen MR) is 590 cm³/mol. The molecule has 0 radical (unpaired) electrons. The van der Waals surface area contributed by atoms with Gasteiger partial charge >= 0.3 is 12.1 Å². The number of carbonyl (C=O) groups excluding carboxylic acids is 4. The number of H-pyrrole nitrogens is 1. The highest BCUT2D eigenvalue weighted by Gasteiger charge is 2.36. The third-order valence-electron chi connectivity index (χ3n) is 28.5. The number of ketones is 1. The number of fused-ring (bicyclic) bond motifs is 4. The second-order valence-electron chi connectivity index (χ2n) is 40.0. The summed E-state index contributed by atoms with van der Waals surface area (Å²) in [5.74, 6) is 3.94. The number of nitrogens with one attached hydrogen (secondary N) is 3. The van der Waals surface area contributed by atoms with E-state index < -0.39 is 5.60 Å². The zero-order chi connectivity index (χ0) is 103. The van der Waals surface area contributed by atoms with Crippen LogP contribution in [0.4, 0.5) is 37.8 Å². The molecule has 7 fully saturated rings. The van der Waals surface area contributed by atoms with Crippen LogP contribution in [-0.4, -0.2) is 317 Å². The molecule has 2 unspecified atom stereocenters. The molecule has 0 aliphatic carbocycles. The molecule has 5 aromatic carbocycles. The van der Waals surface area contributed by atoms with Crippen molar-refractivity contribution in [2.24, 2.45) is 5.92 Å². The Bertz CT molecular complexity index is 6470. The van der Waals surface area contributed by atoms with Crippen LogP contribution in [0.1, 0.15) is 132 Å². The minimum absolute atomic E-state index is 0.00732. The normalized spacial score (nSPS) is 17.5. The number of ether oxygens (including phenoxy) is 7. The molecule has 3 N–H and O–H groups in total. The number of benzene rings is 5. The van der Waals surface area contributed by atoms with Gasteiger partial charge in [-0.2, -0.15) is 5.10 Å². The topological polar surface area (TPSA) is 304 Å². The molecule has 8 aromatic heterocycles. The number of piperidine rings is 1. The van der Waals surface area contributed by atoms with Crippen molar-refractivity contribution in [3.05, 3.63) is 216 Å². The Hall–Kier alpha value is -12.9. The lowest BCUT2D eigenvalue weighted by atomic mass is 9.97. The van der Waals surface area contributed by atoms with Crippen molar-refractivity contribution >= 4 is 123 Å². The summed E-state index contributed by atoms with van der Waals surface area (Å²) in [5.41, 5.74) is 13.9. The quantitative estimate of drug-likeness (QED) is 0.0278. The lowest BCUT2D eigenvalue weighted by Gasteiger charge is -2.36. The summed E-state index contributed by atoms with van der Waals surface area (Å²) >= 11 is 3.43. The number of likely N-dealkylation sites (tertiary alicyclic amines) is 1. The van der Waals surface area contributed by atoms with Gasteiger partial charge in [0, 0.05) is 271 Å². The van der Waals surface area contributed by atoms with E-state index >= 15 is 0 Å². The molecule has 7 aliphatic rings. The maximum absolute atomic E-state index is 13.3. The number of anilines is 6. The summed E-state index contributed by atoms with van der Waals surface area (Å²) in [6.07, 6.45) is 19.9. The smallest absolute Gasteiger partial charge is 0.410 e. The van der Waals surface area contributed by atoms with Crippen LogP contribution in [0, 0.1) is 12.8 Å². The highest BCUT2D eigenvalue weighted by Crippen LogP contribution is 2.44. The van der Waals surface area contributed by atoms with Crippen molar-refractivity contribution < 1.29 is 52.3 Å². The Balaban J connectivity index is 0.000000135. The number of aromatic nitrogens is 9. The molecule has 13 aromatic rings. The average Bonchev–Trinajstić information content (AvgIpc) is 1.10. The van der Waals surface area contributed by atoms with Gasteiger partial charge in [0.25, 0.3) is 0 Å². The lowest BCUT2D eigenvalue weighted by molar-refractivity contribution is -0.140. The molecular formula is C113H146N22O11S2. The van der Waals surface area contributed by atoms with E-state index in [1.165, 1.54) is 13.5 Å². The van der Waals surface area contributed by atoms with E-state index in [1.807, 2.05) is 152 Å². The van der Waals surface area contributed by atoms with Gasteiger partial charge in [0.15, 0.2) is 10.3 Å². The first-order valence-electron chi connectivity index (χ1n) is 52.7. The summed E-state index contributed by atoms with van der Waals surface area (Å²) < 4.78 is 41.3. The van der Waals surface area contributed by atoms with Gasteiger partial charge in [0.2, 0.25) is 5.91 Å². The van der Waals surface area contributed by atoms with Crippen LogP contribution in [0.2, 0.25) is 0 Å². The molecule has 3 atom stereocenters. The van der Waals surface area contributed by atoms with E-state index in [-0.39, 0.29) is 35.8 Å². The monoisotopic (exact) mass is 2050 g/mol. The van der Waals surface area contributed by atoms with Gasteiger partial charge in [-0.3, -0.25) is 49.0 Å². The number of para-hydroxylation sites is 1. The first kappa shape index (κ1) is 106. The van der Waals surface area contributed by atoms with Crippen LogP contribution in [-0.2, 0) is 41.6 Å². The molecule has 15 heterocycles. The minimum atomic E-state index is -0.449. The first-order valence-corrected chi connectivity index (χ1v) is 54.5. The third kappa shape index (κ3) is 28.0. The largest absolute Gasteiger partial charge is 0.494 e. The van der Waals surface area contributed by atoms with Crippen LogP contribution in [0.3, 0.4) is 0 Å². The van der Waals surface area contributed by atoms with Crippen molar-refractivity contribution in [3.63, 3.8) is 0 Å². The van der Waals surface area contributed by atoms with Crippen LogP contribution >= 0.6 is 22.7 Å². The van der Waals surface area contributed by atoms with Gasteiger partial charge in [0.05, 0.1) is 105 Å². The number of aryl methyl sites for hydroxylation is 1. The van der Waals surface area contributed by atoms with E-state index in [9.17, 15) is 19.2 Å². The summed E-state index contributed by atoms with van der Waals surface area (Å²) in [6.45, 7) is 36.0. The number of morpholine rings is 1. The van der Waals surface area contributed by atoms with E-state index in [1.54, 1.807) is 50.9 Å². The molecule has 20 rings (SSSR count). The van der Waals surface area contributed by atoms with E-state index in [4.69, 9.17) is 58.2 Å². The maximum atomic E-state index is 13.3. The molecule has 2 amide bonds. The van der Waals surface area contributed by atoms with E-state index in [0.29, 0.717) is 44.8 Å². The number of esters is 1. The van der Waals surface area contributed by atoms with Crippen molar-refractivity contribution in [1.82, 2.24) is 79.8 Å². The summed E-state index contributed by atoms with van der Waals surface area (Å²) in [4.78, 5) is 108. The zero-order valence-corrected chi connectivity index (χ0v) is 89.1. The van der Waals surface area contributed by atoms with Gasteiger partial charge in [-0.25, -0.2) is 19.4 Å². The van der Waals surface area contributed by atoms with E-state index in [0.717, 1.165) is 356 Å². The molecule has 7 aliphatic heterocycles. The van der Waals surface area contributed by atoms with Crippen molar-refractivity contribution in [3.8, 4) is 28.7 Å². The average molecular weight is 2050 g/mol. The molecule has 0 saturated carbocycles. The molecule has 7 saturated heterocycles. The fourth-order valence-corrected chi connectivity index (χ4v) is 23.0. The van der Waals surface area contributed by atoms with Gasteiger partial charge in [0.1, 0.15) is 57.1 Å². The predicted octanol–water partition coefficient (Wildman–Crippen LogP) is 16.4. The summed E-state index contributed by atoms with van der Waals surface area (Å²) in [5, 5.41) is 22.5. The molecule has 786 valence electrons. The van der Waals surface area contributed by atoms with Crippen LogP contribution < -0.4 is 59.0 Å². The van der Waals surface area contributed by atoms with E-state index in [2.05, 4.69) is 147 Å². The second-order valence-corrected chi connectivity index (χ2v) is 41.6. The molecule has 33 nitrogen and oxygen atoms in total. The third-order valence-corrected chi connectivity index (χ3v) is 30.4. The number of hydrogen-bond donors (Lipinski definition) is 3. The fraction of sp³-hybridized carbons (Fsp3) is 0.478. The van der Waals surface area contributed by atoms with Gasteiger partial charge in [-0.1, -0.05) is 42.5 Å². The lowest BCUT2D eigenvalue weighted by Crippen LogP contribution is -2.46. The number of methoxy groups -OCH3 is 4. The SMILES string of the molecule is COC(=O)CCCOc1c(C)cc2cccnc2c1N1CCCN(Cc2csc(N3CCOCC3)n2)CC1.COc1ccc2cccnc2c1N1CCCN(C(CC(=O)NCCc2ccc[nH]2)c2ccn(-c3ccccc3)n2)CC1.COc1ccc2cccnc2c1N1CCCN(C(CC(C)=O)c2csc(N3CCNCC3)n2)CC1.COc1ccc2cccnc2c1N1CCCN(C[C@H]2CCCN(C(=O)OC(C)(C)C)C2)CC1. The number of amides is 2. The van der Waals surface area contributed by atoms with Gasteiger partial charge < -0.3 is 88.0 Å². The van der Waals surface area contributed by atoms with Crippen LogP contribution in [0.25, 0.3) is 49.3 Å². The summed E-state index contributed by atoms with van der Waals surface area (Å²) in [6, 6.07) is 46.7. The van der Waals surface area contributed by atoms with Gasteiger partial charge in [-0.15, -0.1) is 22.7 Å². The maximum Gasteiger partial charge on any atom is 0.410 e. The van der Waals surface area contributed by atoms with Crippen molar-refractivity contribution in [1.29, 1.82) is 0 Å². The number of hydrogen-bond acceptors (Lipinski definition) is 31. The number of Topliss-reactive ketones (excluding diaryl/α,β-unsaturated/α-hetero) is 1. The molecule has 148 heavy (non-hydrogen) atoms. The molecule has 35 heteroatoms. The Morgan fingerprint density at radius 1 is 0.527 bits per heavy atom. The highest BCUT2D eigenvalue weighted by molar-refractivity contribution is 7.14. The zero-order valence-electron chi connectivity index (χ0n) is 87.4. The minimum Gasteiger partial charge on any atom is -0.494 e. The Morgan fingerprint density at radius 2 is 1.07 bits per heavy atom. The molecule has 0 bridgehead atoms. The Kier molecular flexibility index (Phi) is 37.6. The number of thiazole rings is 2. The van der Waals surface area contributed by atoms with Crippen molar-refractivity contribution in [2.45, 2.75) is 129 Å². The highest BCUT2D eigenvalue weighted by atomic mass is 32.1. The second kappa shape index (κ2) is 52.3. The fourth-order valence-electron chi connectivity index (χ4n) is 21.2. The standard InChI is InChI=1S/C33H37N7O2.C28H37N5O4S.C26H34N6O2S.C26H38N4O3/c1-42-30-13-12-25-8-5-17-36-32(25)33(30)39-20-7-19-38(22-23-39)29(24-31(41)35-18-14-26-9-6-16-34-26)28-15-21-40(37-28)27-10-3-2-4-11-27;1-21-18-22-6-3-8-29-25(22)26(27(21)37-15-4-7-24(34)35-2)32-10-5-9-31(11-12-32)19-23-20-38-28(30-23)33-13-16-36-17-14-33;1-19(33)17-22(21-18-35-26(29-21)32-13-9-27-10-14-32)30-11-4-12-31(16-15-30)25-23(34-2)7-6-20-5-3-8-28-24(20)25;1-26(2,3)33-25(31)30-14-6-8-20(19-30)18-28-13-7-15-29(17-16-28)24-22(32-4)11-10-21-9-5-12-27-23(21)24/h2-6,8-13,15-17,21,29,34H,7,14,18-20,22-24H2,1H3,(H,35,41);3,6,8,18,20H,4-5,7,9-17,19H2,1-2H3;3,5-8,18,22,27H,4,9-17H2,1-2H3;5,9-12,20H,6-8,13-19H2,1-4H3/t;;;20-/m...1/s1. The van der Waals surface area contributed by atoms with Crippen molar-refractivity contribution in [2.75, 3.05) is 248 Å². The number of piperazine rings is 1. The molecular weight excluding hydrogens is 1910 g/mol. The summed E-state index contributed by atoms with van der Waals surface area (Å²) in [7, 11) is 6.59. The number of aromatic amines is 1. The van der Waals surface area contributed by atoms with Crippen LogP contribution in [0.15, 0.2) is 187 Å². The van der Waals surface area contributed by atoms with Crippen LogP contribution in [0.5, 0.6) is 23.0 Å². The number of carbonyl (C=O) groups is 4.